The molecule has 1 saturated heterocycles. The van der Waals surface area contributed by atoms with Crippen molar-refractivity contribution in [2.75, 3.05) is 26.2 Å². The Bertz CT molecular complexity index is 804. The van der Waals surface area contributed by atoms with Gasteiger partial charge in [0.25, 0.3) is 0 Å². The standard InChI is InChI=1S/C18H17BrClF3N2O2.2ClH/c19-15-14(20)6-5-13(17(15)26)16(25-9-7-24-8-10-25)11-1-3-12(4-2-11)27-18(21,22)23;;/h1-6,16,24,26H,7-10H2;2*1H/t16-;;/m0../s1. The number of hydrogen-bond acceptors (Lipinski definition) is 4. The molecule has 0 aromatic heterocycles. The quantitative estimate of drug-likeness (QED) is 0.536. The number of halogens is 7. The molecule has 0 saturated carbocycles. The van der Waals surface area contributed by atoms with Gasteiger partial charge in [0.15, 0.2) is 0 Å². The third-order valence-electron chi connectivity index (χ3n) is 4.34. The van der Waals surface area contributed by atoms with Crippen LogP contribution < -0.4 is 10.1 Å². The maximum absolute atomic E-state index is 12.4. The van der Waals surface area contributed by atoms with E-state index in [9.17, 15) is 18.3 Å². The van der Waals surface area contributed by atoms with Gasteiger partial charge in [0, 0.05) is 31.7 Å². The number of piperazine rings is 1. The van der Waals surface area contributed by atoms with E-state index in [-0.39, 0.29) is 42.4 Å². The van der Waals surface area contributed by atoms with Crippen LogP contribution in [0.2, 0.25) is 5.02 Å². The number of rotatable bonds is 4. The second-order valence-electron chi connectivity index (χ2n) is 6.10. The largest absolute Gasteiger partial charge is 0.573 e. The summed E-state index contributed by atoms with van der Waals surface area (Å²) in [6.45, 7) is 3.01. The Balaban J connectivity index is 0.00000210. The lowest BCUT2D eigenvalue weighted by Crippen LogP contribution is -2.45. The maximum Gasteiger partial charge on any atom is 0.573 e. The first-order valence-corrected chi connectivity index (χ1v) is 9.40. The molecule has 4 nitrogen and oxygen atoms in total. The van der Waals surface area contributed by atoms with Crippen LogP contribution in [0.5, 0.6) is 11.5 Å². The van der Waals surface area contributed by atoms with Gasteiger partial charge in [-0.05, 0) is 39.7 Å². The number of phenolic OH excluding ortho intramolecular Hbond substituents is 1. The Hall–Kier alpha value is -0.900. The number of nitrogens with zero attached hydrogens (tertiary/aromatic N) is 1. The summed E-state index contributed by atoms with van der Waals surface area (Å²) >= 11 is 9.33. The van der Waals surface area contributed by atoms with Crippen LogP contribution >= 0.6 is 52.3 Å². The zero-order valence-electron chi connectivity index (χ0n) is 14.9. The van der Waals surface area contributed by atoms with Crippen molar-refractivity contribution in [1.82, 2.24) is 10.2 Å². The Morgan fingerprint density at radius 3 is 2.21 bits per heavy atom. The molecule has 0 amide bonds. The predicted molar refractivity (Wildman–Crippen MR) is 115 cm³/mol. The van der Waals surface area contributed by atoms with Gasteiger partial charge in [-0.1, -0.05) is 29.8 Å². The van der Waals surface area contributed by atoms with Crippen LogP contribution in [-0.2, 0) is 0 Å². The number of hydrogen-bond donors (Lipinski definition) is 2. The number of ether oxygens (including phenoxy) is 1. The Morgan fingerprint density at radius 2 is 1.66 bits per heavy atom. The van der Waals surface area contributed by atoms with Crippen LogP contribution in [0.15, 0.2) is 40.9 Å². The predicted octanol–water partition coefficient (Wildman–Crippen LogP) is 5.54. The molecular weight excluding hydrogens is 519 g/mol. The first kappa shape index (κ1) is 26.1. The van der Waals surface area contributed by atoms with E-state index in [4.69, 9.17) is 11.6 Å². The molecule has 1 fully saturated rings. The highest BCUT2D eigenvalue weighted by molar-refractivity contribution is 9.10. The van der Waals surface area contributed by atoms with Crippen molar-refractivity contribution in [2.24, 2.45) is 0 Å². The minimum atomic E-state index is -4.74. The van der Waals surface area contributed by atoms with Gasteiger partial charge in [0.1, 0.15) is 11.5 Å². The molecule has 0 radical (unpaired) electrons. The minimum Gasteiger partial charge on any atom is -0.506 e. The van der Waals surface area contributed by atoms with Gasteiger partial charge >= 0.3 is 6.36 Å². The first-order chi connectivity index (χ1) is 12.8. The molecule has 0 spiro atoms. The van der Waals surface area contributed by atoms with Gasteiger partial charge in [-0.25, -0.2) is 0 Å². The van der Waals surface area contributed by atoms with E-state index in [1.807, 2.05) is 0 Å². The number of benzene rings is 2. The fraction of sp³-hybridized carbons (Fsp3) is 0.333. The van der Waals surface area contributed by atoms with Gasteiger partial charge in [0.05, 0.1) is 15.5 Å². The van der Waals surface area contributed by atoms with Crippen LogP contribution in [0.4, 0.5) is 13.2 Å². The second kappa shape index (κ2) is 10.9. The van der Waals surface area contributed by atoms with Crippen LogP contribution in [0.3, 0.4) is 0 Å². The van der Waals surface area contributed by atoms with Crippen molar-refractivity contribution in [2.45, 2.75) is 12.4 Å². The van der Waals surface area contributed by atoms with Crippen LogP contribution in [-0.4, -0.2) is 42.5 Å². The lowest BCUT2D eigenvalue weighted by atomic mass is 9.95. The zero-order valence-corrected chi connectivity index (χ0v) is 18.9. The first-order valence-electron chi connectivity index (χ1n) is 8.23. The lowest BCUT2D eigenvalue weighted by Gasteiger charge is -2.36. The summed E-state index contributed by atoms with van der Waals surface area (Å²) in [7, 11) is 0. The molecule has 1 aliphatic heterocycles. The molecule has 29 heavy (non-hydrogen) atoms. The summed E-state index contributed by atoms with van der Waals surface area (Å²) in [6, 6.07) is 8.79. The molecule has 1 heterocycles. The number of alkyl halides is 3. The van der Waals surface area contributed by atoms with Crippen molar-refractivity contribution in [3.05, 3.63) is 57.0 Å². The highest BCUT2D eigenvalue weighted by Crippen LogP contribution is 2.41. The second-order valence-corrected chi connectivity index (χ2v) is 7.30. The summed E-state index contributed by atoms with van der Waals surface area (Å²) in [5.41, 5.74) is 1.37. The molecular formula is C18H19BrCl3F3N2O2. The molecule has 1 aliphatic rings. The van der Waals surface area contributed by atoms with Crippen molar-refractivity contribution in [1.29, 1.82) is 0 Å². The van der Waals surface area contributed by atoms with Crippen LogP contribution in [0.25, 0.3) is 0 Å². The smallest absolute Gasteiger partial charge is 0.506 e. The van der Waals surface area contributed by atoms with Crippen LogP contribution in [0.1, 0.15) is 17.2 Å². The molecule has 11 heteroatoms. The van der Waals surface area contributed by atoms with E-state index in [1.54, 1.807) is 24.3 Å². The third-order valence-corrected chi connectivity index (χ3v) is 5.69. The van der Waals surface area contributed by atoms with Crippen molar-refractivity contribution in [3.8, 4) is 11.5 Å². The van der Waals surface area contributed by atoms with Gasteiger partial charge in [-0.15, -0.1) is 38.0 Å². The monoisotopic (exact) mass is 536 g/mol. The molecule has 2 aromatic rings. The van der Waals surface area contributed by atoms with E-state index in [1.165, 1.54) is 12.1 Å². The molecule has 162 valence electrons. The summed E-state index contributed by atoms with van der Waals surface area (Å²) in [4.78, 5) is 2.16. The van der Waals surface area contributed by atoms with Gasteiger partial charge < -0.3 is 15.2 Å². The minimum absolute atomic E-state index is 0. The average molecular weight is 539 g/mol. The van der Waals surface area contributed by atoms with Gasteiger partial charge in [-0.3, -0.25) is 4.90 Å². The Labute approximate surface area is 192 Å². The summed E-state index contributed by atoms with van der Waals surface area (Å²) in [5.74, 6) is -0.270. The molecule has 1 atom stereocenters. The van der Waals surface area contributed by atoms with E-state index in [2.05, 4.69) is 30.9 Å². The summed E-state index contributed by atoms with van der Waals surface area (Å²) < 4.78 is 41.5. The van der Waals surface area contributed by atoms with E-state index in [0.29, 0.717) is 15.1 Å². The van der Waals surface area contributed by atoms with Crippen molar-refractivity contribution >= 4 is 52.3 Å². The normalized spacial score (nSPS) is 15.8. The van der Waals surface area contributed by atoms with E-state index >= 15 is 0 Å². The van der Waals surface area contributed by atoms with Gasteiger partial charge in [0.2, 0.25) is 0 Å². The van der Waals surface area contributed by atoms with Crippen LogP contribution in [0, 0.1) is 0 Å². The van der Waals surface area contributed by atoms with Crippen molar-refractivity contribution in [3.63, 3.8) is 0 Å². The Kier molecular flexibility index (Phi) is 9.85. The highest BCUT2D eigenvalue weighted by atomic mass is 79.9. The number of nitrogens with one attached hydrogen (secondary N) is 1. The van der Waals surface area contributed by atoms with Gasteiger partial charge in [-0.2, -0.15) is 0 Å². The summed E-state index contributed by atoms with van der Waals surface area (Å²) in [6.07, 6.45) is -4.74. The lowest BCUT2D eigenvalue weighted by molar-refractivity contribution is -0.274. The molecule has 0 unspecified atom stereocenters. The molecule has 2 N–H and O–H groups in total. The molecule has 0 bridgehead atoms. The average Bonchev–Trinajstić information content (AvgIpc) is 2.63. The molecule has 0 aliphatic carbocycles. The van der Waals surface area contributed by atoms with E-state index < -0.39 is 6.36 Å². The molecule has 2 aromatic carbocycles. The molecule has 3 rings (SSSR count). The highest BCUT2D eigenvalue weighted by Gasteiger charge is 2.32. The maximum atomic E-state index is 12.4. The van der Waals surface area contributed by atoms with Crippen molar-refractivity contribution < 1.29 is 23.0 Å². The van der Waals surface area contributed by atoms with E-state index in [0.717, 1.165) is 31.7 Å². The Morgan fingerprint density at radius 1 is 1.07 bits per heavy atom. The third kappa shape index (κ3) is 6.54. The fourth-order valence-corrected chi connectivity index (χ4v) is 3.67. The fourth-order valence-electron chi connectivity index (χ4n) is 3.15. The SMILES string of the molecule is Cl.Cl.Oc1c([C@H](c2ccc(OC(F)(F)F)cc2)N2CCNCC2)ccc(Cl)c1Br. The zero-order chi connectivity index (χ0) is 19.6. The number of phenols is 1. The summed E-state index contributed by atoms with van der Waals surface area (Å²) in [5, 5.41) is 14.2. The number of aromatic hydroxyl groups is 1. The topological polar surface area (TPSA) is 44.7 Å².